The predicted molar refractivity (Wildman–Crippen MR) is 136 cm³/mol. The lowest BCUT2D eigenvalue weighted by Gasteiger charge is -2.36. The lowest BCUT2D eigenvalue weighted by atomic mass is 10.1. The maximum Gasteiger partial charge on any atom is 0.254 e. The molecular weight excluding hydrogens is 454 g/mol. The van der Waals surface area contributed by atoms with Gasteiger partial charge < -0.3 is 19.1 Å². The van der Waals surface area contributed by atoms with Crippen LogP contribution in [0.1, 0.15) is 16.1 Å². The summed E-state index contributed by atoms with van der Waals surface area (Å²) in [5.41, 5.74) is 2.39. The number of hydrogen-bond acceptors (Lipinski definition) is 6. The molecule has 1 aliphatic rings. The topological polar surface area (TPSA) is 82.8 Å². The summed E-state index contributed by atoms with van der Waals surface area (Å²) in [6, 6.07) is 26.5. The number of anilines is 1. The van der Waals surface area contributed by atoms with Crippen LogP contribution in [0.15, 0.2) is 95.6 Å². The highest BCUT2D eigenvalue weighted by Gasteiger charge is 2.26. The zero-order chi connectivity index (χ0) is 24.7. The summed E-state index contributed by atoms with van der Waals surface area (Å²) in [7, 11) is 0. The normalized spacial score (nSPS) is 13.4. The Hall–Kier alpha value is -4.46. The molecule has 1 saturated heterocycles. The molecule has 0 radical (unpaired) electrons. The summed E-state index contributed by atoms with van der Waals surface area (Å²) in [5, 5.41) is 8.78. The van der Waals surface area contributed by atoms with Crippen molar-refractivity contribution in [1.82, 2.24) is 20.0 Å². The third-order valence-electron chi connectivity index (χ3n) is 6.24. The molecule has 2 aromatic heterocycles. The summed E-state index contributed by atoms with van der Waals surface area (Å²) >= 11 is 0. The van der Waals surface area contributed by atoms with Crippen LogP contribution in [-0.2, 0) is 11.3 Å². The number of nitrogens with zero attached hydrogens (tertiary/aromatic N) is 5. The lowest BCUT2D eigenvalue weighted by molar-refractivity contribution is -0.132. The Morgan fingerprint density at radius 1 is 0.806 bits per heavy atom. The van der Waals surface area contributed by atoms with E-state index in [2.05, 4.69) is 15.1 Å². The van der Waals surface area contributed by atoms with Crippen LogP contribution in [0.25, 0.3) is 11.3 Å². The van der Waals surface area contributed by atoms with Gasteiger partial charge in [-0.2, -0.15) is 0 Å². The van der Waals surface area contributed by atoms with Gasteiger partial charge >= 0.3 is 0 Å². The molecule has 3 heterocycles. The molecule has 0 saturated carbocycles. The molecule has 0 bridgehead atoms. The smallest absolute Gasteiger partial charge is 0.254 e. The Morgan fingerprint density at radius 2 is 1.53 bits per heavy atom. The Kier molecular flexibility index (Phi) is 7.02. The maximum absolute atomic E-state index is 13.2. The molecule has 5 rings (SSSR count). The number of rotatable bonds is 7. The quantitative estimate of drug-likeness (QED) is 0.400. The van der Waals surface area contributed by atoms with Crippen molar-refractivity contribution in [3.63, 3.8) is 0 Å². The SMILES string of the molecule is O=C(CN(Cc1ccco1)C(=O)c1ccccc1)N1CCN(c2ccc(-c3ccccc3)nn2)CC1. The Labute approximate surface area is 209 Å². The largest absolute Gasteiger partial charge is 0.467 e. The van der Waals surface area contributed by atoms with E-state index >= 15 is 0 Å². The van der Waals surface area contributed by atoms with Gasteiger partial charge in [-0.25, -0.2) is 0 Å². The first-order valence-electron chi connectivity index (χ1n) is 12.0. The van der Waals surface area contributed by atoms with Crippen molar-refractivity contribution in [2.75, 3.05) is 37.6 Å². The average Bonchev–Trinajstić information content (AvgIpc) is 3.47. The molecule has 0 unspecified atom stereocenters. The van der Waals surface area contributed by atoms with E-state index in [1.54, 1.807) is 35.4 Å². The highest BCUT2D eigenvalue weighted by molar-refractivity contribution is 5.96. The minimum Gasteiger partial charge on any atom is -0.467 e. The van der Waals surface area contributed by atoms with Gasteiger partial charge in [-0.3, -0.25) is 9.59 Å². The summed E-state index contributed by atoms with van der Waals surface area (Å²) < 4.78 is 5.44. The van der Waals surface area contributed by atoms with Gasteiger partial charge in [-0.15, -0.1) is 10.2 Å². The van der Waals surface area contributed by atoms with E-state index in [-0.39, 0.29) is 24.9 Å². The second-order valence-electron chi connectivity index (χ2n) is 8.62. The summed E-state index contributed by atoms with van der Waals surface area (Å²) in [5.74, 6) is 1.14. The minimum atomic E-state index is -0.201. The van der Waals surface area contributed by atoms with E-state index in [4.69, 9.17) is 4.42 Å². The number of piperazine rings is 1. The number of aromatic nitrogens is 2. The third-order valence-corrected chi connectivity index (χ3v) is 6.24. The fraction of sp³-hybridized carbons (Fsp3) is 0.214. The van der Waals surface area contributed by atoms with Crippen molar-refractivity contribution >= 4 is 17.6 Å². The maximum atomic E-state index is 13.2. The van der Waals surface area contributed by atoms with Gasteiger partial charge in [0.1, 0.15) is 12.3 Å². The highest BCUT2D eigenvalue weighted by Crippen LogP contribution is 2.19. The predicted octanol–water partition coefficient (Wildman–Crippen LogP) is 3.73. The van der Waals surface area contributed by atoms with E-state index < -0.39 is 0 Å². The van der Waals surface area contributed by atoms with Crippen LogP contribution in [0.4, 0.5) is 5.82 Å². The molecule has 182 valence electrons. The standard InChI is InChI=1S/C28H27N5O3/c34-27(21-33(20-24-12-7-19-36-24)28(35)23-10-5-2-6-11-23)32-17-15-31(16-18-32)26-14-13-25(29-30-26)22-8-3-1-4-9-22/h1-14,19H,15-18,20-21H2. The van der Waals surface area contributed by atoms with E-state index in [1.165, 1.54) is 4.90 Å². The number of benzene rings is 2. The van der Waals surface area contributed by atoms with Crippen LogP contribution in [0.3, 0.4) is 0 Å². The number of carbonyl (C=O) groups excluding carboxylic acids is 2. The van der Waals surface area contributed by atoms with Gasteiger partial charge in [0.15, 0.2) is 5.82 Å². The second kappa shape index (κ2) is 10.9. The summed E-state index contributed by atoms with van der Waals surface area (Å²) in [6.45, 7) is 2.62. The van der Waals surface area contributed by atoms with Crippen LogP contribution in [-0.4, -0.2) is 64.5 Å². The monoisotopic (exact) mass is 481 g/mol. The summed E-state index contributed by atoms with van der Waals surface area (Å²) in [6.07, 6.45) is 1.57. The van der Waals surface area contributed by atoms with Crippen LogP contribution < -0.4 is 4.90 Å². The molecule has 0 aliphatic carbocycles. The van der Waals surface area contributed by atoms with Crippen LogP contribution in [0.2, 0.25) is 0 Å². The molecule has 0 atom stereocenters. The number of hydrogen-bond donors (Lipinski definition) is 0. The third kappa shape index (κ3) is 5.43. The van der Waals surface area contributed by atoms with Gasteiger partial charge in [0, 0.05) is 37.3 Å². The Morgan fingerprint density at radius 3 is 2.17 bits per heavy atom. The number of carbonyl (C=O) groups is 2. The molecule has 2 aromatic carbocycles. The van der Waals surface area contributed by atoms with E-state index in [0.29, 0.717) is 37.5 Å². The van der Waals surface area contributed by atoms with Crippen LogP contribution in [0.5, 0.6) is 0 Å². The van der Waals surface area contributed by atoms with Gasteiger partial charge in [0.2, 0.25) is 5.91 Å². The Bertz CT molecular complexity index is 1270. The minimum absolute atomic E-state index is 0.0139. The van der Waals surface area contributed by atoms with E-state index in [0.717, 1.165) is 17.1 Å². The van der Waals surface area contributed by atoms with Gasteiger partial charge in [-0.05, 0) is 36.4 Å². The molecular formula is C28H27N5O3. The van der Waals surface area contributed by atoms with Gasteiger partial charge in [-0.1, -0.05) is 48.5 Å². The first-order chi connectivity index (χ1) is 17.7. The zero-order valence-corrected chi connectivity index (χ0v) is 19.9. The molecule has 1 fully saturated rings. The molecule has 1 aliphatic heterocycles. The van der Waals surface area contributed by atoms with Crippen molar-refractivity contribution in [2.45, 2.75) is 6.54 Å². The van der Waals surface area contributed by atoms with Gasteiger partial charge in [0.25, 0.3) is 5.91 Å². The highest BCUT2D eigenvalue weighted by atomic mass is 16.3. The van der Waals surface area contributed by atoms with Gasteiger partial charge in [0.05, 0.1) is 18.5 Å². The van der Waals surface area contributed by atoms with Crippen molar-refractivity contribution < 1.29 is 14.0 Å². The van der Waals surface area contributed by atoms with Crippen molar-refractivity contribution in [3.8, 4) is 11.3 Å². The summed E-state index contributed by atoms with van der Waals surface area (Å²) in [4.78, 5) is 31.8. The molecule has 0 spiro atoms. The lowest BCUT2D eigenvalue weighted by Crippen LogP contribution is -2.52. The first kappa shape index (κ1) is 23.3. The zero-order valence-electron chi connectivity index (χ0n) is 19.9. The molecule has 0 N–H and O–H groups in total. The molecule has 36 heavy (non-hydrogen) atoms. The van der Waals surface area contributed by atoms with Crippen LogP contribution >= 0.6 is 0 Å². The van der Waals surface area contributed by atoms with Crippen molar-refractivity contribution in [1.29, 1.82) is 0 Å². The second-order valence-corrected chi connectivity index (χ2v) is 8.62. The van der Waals surface area contributed by atoms with Crippen LogP contribution in [0, 0.1) is 0 Å². The fourth-order valence-electron chi connectivity index (χ4n) is 4.26. The molecule has 8 nitrogen and oxygen atoms in total. The fourth-order valence-corrected chi connectivity index (χ4v) is 4.26. The average molecular weight is 482 g/mol. The first-order valence-corrected chi connectivity index (χ1v) is 12.0. The molecule has 2 amide bonds. The number of furan rings is 1. The molecule has 8 heteroatoms. The Balaban J connectivity index is 1.20. The van der Waals surface area contributed by atoms with E-state index in [1.807, 2.05) is 60.7 Å². The van der Waals surface area contributed by atoms with Crippen molar-refractivity contribution in [2.24, 2.45) is 0 Å². The van der Waals surface area contributed by atoms with Crippen molar-refractivity contribution in [3.05, 3.63) is 103 Å². The molecule has 4 aromatic rings. The number of amides is 2. The van der Waals surface area contributed by atoms with E-state index in [9.17, 15) is 9.59 Å².